The number of hydrogen-bond acceptors (Lipinski definition) is 3. The zero-order chi connectivity index (χ0) is 16.8. The third-order valence-electron chi connectivity index (χ3n) is 4.80. The van der Waals surface area contributed by atoms with Crippen molar-refractivity contribution in [1.82, 2.24) is 9.55 Å². The Labute approximate surface area is 141 Å². The van der Waals surface area contributed by atoms with Gasteiger partial charge >= 0.3 is 5.97 Å². The van der Waals surface area contributed by atoms with E-state index in [9.17, 15) is 4.79 Å². The maximum atomic E-state index is 11.7. The summed E-state index contributed by atoms with van der Waals surface area (Å²) in [5.41, 5.74) is 2.53. The van der Waals surface area contributed by atoms with E-state index in [1.165, 1.54) is 13.5 Å². The molecule has 2 atom stereocenters. The van der Waals surface area contributed by atoms with Crippen molar-refractivity contribution >= 4 is 28.6 Å². The molecule has 0 aliphatic heterocycles. The fourth-order valence-electron chi connectivity index (χ4n) is 4.15. The van der Waals surface area contributed by atoms with Crippen molar-refractivity contribution in [3.05, 3.63) is 29.0 Å². The zero-order valence-electron chi connectivity index (χ0n) is 14.1. The lowest BCUT2D eigenvalue weighted by molar-refractivity contribution is 0.0601. The van der Waals surface area contributed by atoms with Gasteiger partial charge in [-0.25, -0.2) is 9.78 Å². The molecule has 124 valence electrons. The van der Waals surface area contributed by atoms with Crippen LogP contribution in [-0.2, 0) is 4.74 Å². The summed E-state index contributed by atoms with van der Waals surface area (Å²) in [5.74, 6) is 0.302. The molecule has 0 saturated heterocycles. The molecule has 3 rings (SSSR count). The largest absolute Gasteiger partial charge is 0.465 e. The van der Waals surface area contributed by atoms with Crippen molar-refractivity contribution in [3.8, 4) is 0 Å². The SMILES string of the molecule is COC(=O)c1ccc2c(c1)nc(Cl)n2C1C[C@H](C)CC(C)(C)C1. The second kappa shape index (κ2) is 5.82. The van der Waals surface area contributed by atoms with E-state index in [0.29, 0.717) is 28.2 Å². The Morgan fingerprint density at radius 1 is 1.39 bits per heavy atom. The molecule has 1 aliphatic rings. The molecule has 0 bridgehead atoms. The van der Waals surface area contributed by atoms with Gasteiger partial charge in [-0.05, 0) is 60.4 Å². The number of halogens is 1. The van der Waals surface area contributed by atoms with Gasteiger partial charge in [0, 0.05) is 6.04 Å². The van der Waals surface area contributed by atoms with Crippen molar-refractivity contribution < 1.29 is 9.53 Å². The lowest BCUT2D eigenvalue weighted by atomic mass is 9.70. The standard InChI is InChI=1S/C18H23ClN2O2/c1-11-7-13(10-18(2,3)9-11)21-15-6-5-12(16(22)23-4)8-14(15)20-17(21)19/h5-6,8,11,13H,7,9-10H2,1-4H3/t11-,13?/m0/s1. The Morgan fingerprint density at radius 2 is 2.13 bits per heavy atom. The summed E-state index contributed by atoms with van der Waals surface area (Å²) < 4.78 is 6.91. The van der Waals surface area contributed by atoms with Crippen molar-refractivity contribution in [3.63, 3.8) is 0 Å². The van der Waals surface area contributed by atoms with Gasteiger partial charge in [0.25, 0.3) is 0 Å². The molecule has 2 aromatic rings. The summed E-state index contributed by atoms with van der Waals surface area (Å²) in [6.07, 6.45) is 3.43. The molecule has 1 aliphatic carbocycles. The summed E-state index contributed by atoms with van der Waals surface area (Å²) in [4.78, 5) is 16.1. The van der Waals surface area contributed by atoms with Crippen LogP contribution in [0.2, 0.25) is 5.28 Å². The van der Waals surface area contributed by atoms with E-state index in [1.807, 2.05) is 6.07 Å². The molecular weight excluding hydrogens is 312 g/mol. The molecule has 0 radical (unpaired) electrons. The summed E-state index contributed by atoms with van der Waals surface area (Å²) in [6, 6.07) is 5.79. The van der Waals surface area contributed by atoms with Crippen LogP contribution in [-0.4, -0.2) is 22.6 Å². The fraction of sp³-hybridized carbons (Fsp3) is 0.556. The molecule has 5 heteroatoms. The minimum atomic E-state index is -0.356. The van der Waals surface area contributed by atoms with Gasteiger partial charge in [-0.3, -0.25) is 0 Å². The first-order valence-electron chi connectivity index (χ1n) is 8.06. The lowest BCUT2D eigenvalue weighted by Gasteiger charge is -2.39. The van der Waals surface area contributed by atoms with Gasteiger partial charge in [0.15, 0.2) is 0 Å². The highest BCUT2D eigenvalue weighted by Crippen LogP contribution is 2.45. The number of fused-ring (bicyclic) bond motifs is 1. The van der Waals surface area contributed by atoms with Gasteiger partial charge < -0.3 is 9.30 Å². The first-order valence-corrected chi connectivity index (χ1v) is 8.44. The Hall–Kier alpha value is -1.55. The molecule has 0 N–H and O–H groups in total. The molecule has 1 unspecified atom stereocenters. The first kappa shape index (κ1) is 16.3. The normalized spacial score (nSPS) is 23.9. The van der Waals surface area contributed by atoms with Crippen LogP contribution < -0.4 is 0 Å². The summed E-state index contributed by atoms with van der Waals surface area (Å²) in [7, 11) is 1.38. The smallest absolute Gasteiger partial charge is 0.337 e. The van der Waals surface area contributed by atoms with E-state index in [1.54, 1.807) is 12.1 Å². The molecular formula is C18H23ClN2O2. The predicted molar refractivity (Wildman–Crippen MR) is 91.9 cm³/mol. The van der Waals surface area contributed by atoms with Crippen LogP contribution in [0.25, 0.3) is 11.0 Å². The van der Waals surface area contributed by atoms with Crippen LogP contribution in [0.1, 0.15) is 56.4 Å². The third-order valence-corrected chi connectivity index (χ3v) is 5.06. The highest BCUT2D eigenvalue weighted by atomic mass is 35.5. The van der Waals surface area contributed by atoms with E-state index in [2.05, 4.69) is 30.3 Å². The summed E-state index contributed by atoms with van der Waals surface area (Å²) >= 11 is 6.44. The zero-order valence-corrected chi connectivity index (χ0v) is 14.9. The first-order chi connectivity index (χ1) is 10.8. The van der Waals surface area contributed by atoms with Gasteiger partial charge in [0.05, 0.1) is 23.7 Å². The molecule has 4 nitrogen and oxygen atoms in total. The number of aromatic nitrogens is 2. The number of rotatable bonds is 2. The fourth-order valence-corrected chi connectivity index (χ4v) is 4.47. The van der Waals surface area contributed by atoms with Gasteiger partial charge in [-0.15, -0.1) is 0 Å². The van der Waals surface area contributed by atoms with Crippen molar-refractivity contribution in [2.75, 3.05) is 7.11 Å². The molecule has 1 fully saturated rings. The minimum absolute atomic E-state index is 0.300. The Kier molecular flexibility index (Phi) is 4.13. The number of nitrogens with zero attached hydrogens (tertiary/aromatic N) is 2. The van der Waals surface area contributed by atoms with Crippen LogP contribution >= 0.6 is 11.6 Å². The number of esters is 1. The average Bonchev–Trinajstić information content (AvgIpc) is 2.79. The number of hydrogen-bond donors (Lipinski definition) is 0. The quantitative estimate of drug-likeness (QED) is 0.736. The molecule has 0 amide bonds. The maximum absolute atomic E-state index is 11.7. The highest BCUT2D eigenvalue weighted by molar-refractivity contribution is 6.29. The van der Waals surface area contributed by atoms with E-state index in [0.717, 1.165) is 23.9 Å². The average molecular weight is 335 g/mol. The summed E-state index contributed by atoms with van der Waals surface area (Å²) in [6.45, 7) is 6.94. The van der Waals surface area contributed by atoms with E-state index < -0.39 is 0 Å². The van der Waals surface area contributed by atoms with Gasteiger partial charge in [0.1, 0.15) is 0 Å². The molecule has 1 heterocycles. The van der Waals surface area contributed by atoms with Gasteiger partial charge in [-0.2, -0.15) is 0 Å². The molecule has 0 spiro atoms. The van der Waals surface area contributed by atoms with Gasteiger partial charge in [-0.1, -0.05) is 20.8 Å². The topological polar surface area (TPSA) is 44.1 Å². The number of imidazole rings is 1. The second-order valence-corrected chi connectivity index (χ2v) is 7.85. The Morgan fingerprint density at radius 3 is 2.78 bits per heavy atom. The van der Waals surface area contributed by atoms with E-state index in [4.69, 9.17) is 16.3 Å². The molecule has 23 heavy (non-hydrogen) atoms. The van der Waals surface area contributed by atoms with Crippen molar-refractivity contribution in [2.24, 2.45) is 11.3 Å². The molecule has 1 saturated carbocycles. The molecule has 1 aromatic carbocycles. The van der Waals surface area contributed by atoms with Crippen LogP contribution in [0, 0.1) is 11.3 Å². The number of carbonyl (C=O) groups excluding carboxylic acids is 1. The van der Waals surface area contributed by atoms with E-state index >= 15 is 0 Å². The number of methoxy groups -OCH3 is 1. The van der Waals surface area contributed by atoms with E-state index in [-0.39, 0.29) is 5.97 Å². The Bertz CT molecular complexity index is 751. The van der Waals surface area contributed by atoms with Gasteiger partial charge in [0.2, 0.25) is 5.28 Å². The highest BCUT2D eigenvalue weighted by Gasteiger charge is 2.34. The maximum Gasteiger partial charge on any atom is 0.337 e. The van der Waals surface area contributed by atoms with Crippen LogP contribution in [0.4, 0.5) is 0 Å². The minimum Gasteiger partial charge on any atom is -0.465 e. The lowest BCUT2D eigenvalue weighted by Crippen LogP contribution is -2.29. The predicted octanol–water partition coefficient (Wildman–Crippen LogP) is 4.86. The van der Waals surface area contributed by atoms with Crippen LogP contribution in [0.5, 0.6) is 0 Å². The van der Waals surface area contributed by atoms with Crippen molar-refractivity contribution in [1.29, 1.82) is 0 Å². The van der Waals surface area contributed by atoms with Crippen molar-refractivity contribution in [2.45, 2.75) is 46.1 Å². The monoisotopic (exact) mass is 334 g/mol. The number of benzene rings is 1. The third kappa shape index (κ3) is 3.09. The summed E-state index contributed by atoms with van der Waals surface area (Å²) in [5, 5.41) is 0.497. The second-order valence-electron chi connectivity index (χ2n) is 7.51. The Balaban J connectivity index is 2.04. The molecule has 1 aromatic heterocycles. The number of carbonyl (C=O) groups is 1. The number of ether oxygens (including phenoxy) is 1. The van der Waals surface area contributed by atoms with Crippen LogP contribution in [0.3, 0.4) is 0 Å². The van der Waals surface area contributed by atoms with Crippen LogP contribution in [0.15, 0.2) is 18.2 Å².